The molecule has 12 heteroatoms. The van der Waals surface area contributed by atoms with Crippen LogP contribution in [-0.4, -0.2) is 43.2 Å². The highest BCUT2D eigenvalue weighted by Gasteiger charge is 2.44. The van der Waals surface area contributed by atoms with Gasteiger partial charge in [-0.15, -0.1) is 0 Å². The Kier molecular flexibility index (Phi) is 8.76. The number of nitrogens with zero attached hydrogens (tertiary/aromatic N) is 3. The Morgan fingerprint density at radius 3 is 2.32 bits per heavy atom. The predicted molar refractivity (Wildman–Crippen MR) is 150 cm³/mol. The first-order valence-corrected chi connectivity index (χ1v) is 14.6. The summed E-state index contributed by atoms with van der Waals surface area (Å²) in [5, 5.41) is 0.498. The lowest BCUT2D eigenvalue weighted by atomic mass is 10.00. The van der Waals surface area contributed by atoms with Gasteiger partial charge in [0.05, 0.1) is 17.3 Å². The highest BCUT2D eigenvalue weighted by molar-refractivity contribution is 7.89. The zero-order valence-corrected chi connectivity index (χ0v) is 24.5. The van der Waals surface area contributed by atoms with Crippen LogP contribution in [0, 0.1) is 0 Å². The van der Waals surface area contributed by atoms with Crippen LogP contribution in [0.4, 0.5) is 10.6 Å². The summed E-state index contributed by atoms with van der Waals surface area (Å²) < 4.78 is 40.3. The van der Waals surface area contributed by atoms with Crippen LogP contribution in [0.1, 0.15) is 63.4 Å². The molecule has 3 aromatic rings. The number of ether oxygens (including phenoxy) is 2. The van der Waals surface area contributed by atoms with Crippen molar-refractivity contribution in [1.29, 1.82) is 0 Å². The quantitative estimate of drug-likeness (QED) is 0.359. The van der Waals surface area contributed by atoms with Crippen molar-refractivity contribution >= 4 is 27.9 Å². The number of nitrogens with one attached hydrogen (secondary N) is 1. The number of carbonyl (C=O) groups is 2. The summed E-state index contributed by atoms with van der Waals surface area (Å²) in [6.07, 6.45) is 2.56. The first kappa shape index (κ1) is 30.1. The van der Waals surface area contributed by atoms with E-state index in [0.717, 1.165) is 30.9 Å². The molecule has 0 spiro atoms. The molecule has 1 fully saturated rings. The molecular weight excluding hydrogens is 548 g/mol. The number of pyridine rings is 2. The van der Waals surface area contributed by atoms with Crippen molar-refractivity contribution in [1.82, 2.24) is 14.7 Å². The topological polar surface area (TPSA) is 137 Å². The van der Waals surface area contributed by atoms with E-state index in [1.165, 1.54) is 18.3 Å². The number of rotatable bonds is 9. The fraction of sp³-hybridized carbons (Fsp3) is 0.379. The first-order valence-electron chi connectivity index (χ1n) is 13.1. The van der Waals surface area contributed by atoms with Crippen LogP contribution in [0.15, 0.2) is 71.9 Å². The Balaban J connectivity index is 1.69. The number of methoxy groups -OCH3 is 1. The van der Waals surface area contributed by atoms with Crippen molar-refractivity contribution in [2.24, 2.45) is 0 Å². The fourth-order valence-corrected chi connectivity index (χ4v) is 5.38. The highest BCUT2D eigenvalue weighted by atomic mass is 32.2. The molecule has 1 aliphatic rings. The van der Waals surface area contributed by atoms with Crippen molar-refractivity contribution in [3.05, 3.63) is 83.7 Å². The summed E-state index contributed by atoms with van der Waals surface area (Å²) in [6.45, 7) is 6.16. The minimum atomic E-state index is -4.06. The smallest absolute Gasteiger partial charge is 0.441 e. The summed E-state index contributed by atoms with van der Waals surface area (Å²) in [4.78, 5) is 38.3. The Morgan fingerprint density at radius 1 is 1.05 bits per heavy atom. The van der Waals surface area contributed by atoms with E-state index in [4.69, 9.17) is 14.3 Å². The van der Waals surface area contributed by atoms with Gasteiger partial charge in [0.15, 0.2) is 10.8 Å². The minimum absolute atomic E-state index is 0.0555. The molecule has 0 radical (unpaired) electrons. The maximum atomic E-state index is 13.3. The highest BCUT2D eigenvalue weighted by Crippen LogP contribution is 2.48. The first-order chi connectivity index (χ1) is 19.3. The Labute approximate surface area is 239 Å². The summed E-state index contributed by atoms with van der Waals surface area (Å²) in [7, 11) is -2.36. The molecule has 1 aromatic carbocycles. The van der Waals surface area contributed by atoms with Crippen molar-refractivity contribution in [3.63, 3.8) is 0 Å². The van der Waals surface area contributed by atoms with Crippen molar-refractivity contribution in [2.75, 3.05) is 12.2 Å². The Hall–Kier alpha value is -3.87. The number of hydroxylamine groups is 1. The van der Waals surface area contributed by atoms with Crippen molar-refractivity contribution < 1.29 is 32.3 Å². The molecule has 1 aliphatic carbocycles. The van der Waals surface area contributed by atoms with Crippen LogP contribution < -0.4 is 9.79 Å². The second-order valence-corrected chi connectivity index (χ2v) is 12.4. The van der Waals surface area contributed by atoms with Gasteiger partial charge >= 0.3 is 12.1 Å². The zero-order chi connectivity index (χ0) is 29.8. The Morgan fingerprint density at radius 2 is 1.76 bits per heavy atom. The third-order valence-electron chi connectivity index (χ3n) is 6.33. The van der Waals surface area contributed by atoms with Crippen LogP contribution in [-0.2, 0) is 41.2 Å². The third kappa shape index (κ3) is 7.66. The molecule has 218 valence electrons. The van der Waals surface area contributed by atoms with E-state index < -0.39 is 33.7 Å². The van der Waals surface area contributed by atoms with Crippen LogP contribution >= 0.6 is 0 Å². The molecule has 1 saturated carbocycles. The molecule has 1 N–H and O–H groups in total. The number of carbonyl (C=O) groups excluding carboxylic acids is 2. The molecule has 0 saturated heterocycles. The lowest BCUT2D eigenvalue weighted by Crippen LogP contribution is -2.39. The number of hydrogen-bond donors (Lipinski definition) is 1. The van der Waals surface area contributed by atoms with E-state index in [2.05, 4.69) is 14.7 Å². The lowest BCUT2D eigenvalue weighted by molar-refractivity contribution is -0.142. The molecule has 2 heterocycles. The van der Waals surface area contributed by atoms with E-state index in [9.17, 15) is 18.0 Å². The summed E-state index contributed by atoms with van der Waals surface area (Å²) in [5.74, 6) is -0.819. The second kappa shape index (κ2) is 11.9. The lowest BCUT2D eigenvalue weighted by Gasteiger charge is -2.26. The van der Waals surface area contributed by atoms with E-state index in [1.807, 2.05) is 24.3 Å². The molecule has 4 rings (SSSR count). The van der Waals surface area contributed by atoms with Crippen molar-refractivity contribution in [2.45, 2.75) is 69.2 Å². The van der Waals surface area contributed by atoms with Gasteiger partial charge < -0.3 is 14.3 Å². The third-order valence-corrected chi connectivity index (χ3v) is 7.71. The van der Waals surface area contributed by atoms with Crippen molar-refractivity contribution in [3.8, 4) is 0 Å². The molecule has 0 bridgehead atoms. The normalized spacial score (nSPS) is 15.0. The number of anilines is 1. The second-order valence-electron chi connectivity index (χ2n) is 10.7. The molecule has 0 aliphatic heterocycles. The molecule has 1 atom stereocenters. The molecule has 1 amide bonds. The fourth-order valence-electron chi connectivity index (χ4n) is 4.22. The maximum Gasteiger partial charge on any atom is 0.450 e. The Bertz CT molecular complexity index is 1490. The summed E-state index contributed by atoms with van der Waals surface area (Å²) in [5.41, 5.74) is 1.05. The maximum absolute atomic E-state index is 13.3. The van der Waals surface area contributed by atoms with Gasteiger partial charge in [-0.3, -0.25) is 0 Å². The van der Waals surface area contributed by atoms with E-state index in [0.29, 0.717) is 5.06 Å². The molecule has 11 nitrogen and oxygen atoms in total. The van der Waals surface area contributed by atoms with E-state index in [-0.39, 0.29) is 28.6 Å². The van der Waals surface area contributed by atoms with Gasteiger partial charge in [0.1, 0.15) is 5.60 Å². The van der Waals surface area contributed by atoms with Crippen LogP contribution in [0.25, 0.3) is 0 Å². The number of aromatic nitrogens is 2. The largest absolute Gasteiger partial charge is 0.450 e. The van der Waals surface area contributed by atoms with Gasteiger partial charge in [0, 0.05) is 20.2 Å². The SMILES string of the molecule is COC1(c2ccc(CC(NS(=O)(=O)c3ccccn3)c3cccc(N(OC(C)=O)C(=O)OC(C)(C)C)n3)cc2)CC1. The number of hydrogen-bond acceptors (Lipinski definition) is 9. The summed E-state index contributed by atoms with van der Waals surface area (Å²) in [6, 6.07) is 16.2. The van der Waals surface area contributed by atoms with Crippen LogP contribution in [0.5, 0.6) is 0 Å². The summed E-state index contributed by atoms with van der Waals surface area (Å²) >= 11 is 0. The van der Waals surface area contributed by atoms with Gasteiger partial charge in [0.25, 0.3) is 10.0 Å². The zero-order valence-electron chi connectivity index (χ0n) is 23.7. The van der Waals surface area contributed by atoms with Crippen LogP contribution in [0.3, 0.4) is 0 Å². The number of amides is 1. The van der Waals surface area contributed by atoms with Gasteiger partial charge in [-0.25, -0.2) is 32.7 Å². The minimum Gasteiger partial charge on any atom is -0.441 e. The average molecular weight is 583 g/mol. The van der Waals surface area contributed by atoms with Gasteiger partial charge in [-0.05, 0) is 75.4 Å². The molecule has 1 unspecified atom stereocenters. The van der Waals surface area contributed by atoms with Gasteiger partial charge in [-0.1, -0.05) is 41.5 Å². The van der Waals surface area contributed by atoms with Gasteiger partial charge in [-0.2, -0.15) is 0 Å². The molecular formula is C29H34N4O7S. The molecule has 41 heavy (non-hydrogen) atoms. The number of benzene rings is 1. The monoisotopic (exact) mass is 582 g/mol. The number of sulfonamides is 1. The molecule has 2 aromatic heterocycles. The van der Waals surface area contributed by atoms with E-state index >= 15 is 0 Å². The van der Waals surface area contributed by atoms with Crippen LogP contribution in [0.2, 0.25) is 0 Å². The van der Waals surface area contributed by atoms with Gasteiger partial charge in [0.2, 0.25) is 0 Å². The average Bonchev–Trinajstić information content (AvgIpc) is 3.72. The standard InChI is InChI=1S/C29H34N4O7S/c1-20(34)40-33(27(35)39-28(2,3)4)25-10-8-9-23(31-25)24(32-41(36,37)26-11-6-7-18-30-26)19-21-12-14-22(15-13-21)29(38-5)16-17-29/h6-15,18,24,32H,16-17,19H2,1-5H3. The predicted octanol–water partition coefficient (Wildman–Crippen LogP) is 4.59. The van der Waals surface area contributed by atoms with E-state index in [1.54, 1.807) is 52.1 Å².